The zero-order chi connectivity index (χ0) is 13.7. The molecular formula is C16H22N2O. The number of aryl methyl sites for hydroxylation is 2. The highest BCUT2D eigenvalue weighted by Gasteiger charge is 2.07. The normalized spacial score (nSPS) is 10.9. The Kier molecular flexibility index (Phi) is 4.74. The van der Waals surface area contributed by atoms with E-state index < -0.39 is 0 Å². The van der Waals surface area contributed by atoms with E-state index in [4.69, 9.17) is 15.5 Å². The second-order valence-electron chi connectivity index (χ2n) is 4.76. The fourth-order valence-electron chi connectivity index (χ4n) is 2.31. The van der Waals surface area contributed by atoms with Crippen LogP contribution in [0.3, 0.4) is 0 Å². The van der Waals surface area contributed by atoms with E-state index in [1.807, 2.05) is 19.1 Å². The Morgan fingerprint density at radius 3 is 2.84 bits per heavy atom. The van der Waals surface area contributed by atoms with Gasteiger partial charge in [0.25, 0.3) is 0 Å². The van der Waals surface area contributed by atoms with Gasteiger partial charge in [0.1, 0.15) is 11.3 Å². The molecule has 102 valence electrons. The second kappa shape index (κ2) is 6.53. The molecule has 0 atom stereocenters. The van der Waals surface area contributed by atoms with Crippen LogP contribution in [0.2, 0.25) is 0 Å². The Labute approximate surface area is 114 Å². The van der Waals surface area contributed by atoms with Gasteiger partial charge in [0, 0.05) is 11.1 Å². The molecule has 0 bridgehead atoms. The molecule has 2 N–H and O–H groups in total. The van der Waals surface area contributed by atoms with Gasteiger partial charge in [-0.1, -0.05) is 12.1 Å². The number of ether oxygens (including phenoxy) is 1. The number of aromatic nitrogens is 1. The molecule has 0 unspecified atom stereocenters. The minimum atomic E-state index is 0.664. The lowest BCUT2D eigenvalue weighted by Gasteiger charge is -2.10. The summed E-state index contributed by atoms with van der Waals surface area (Å²) in [5.74, 6) is 0.878. The summed E-state index contributed by atoms with van der Waals surface area (Å²) in [6, 6.07) is 8.29. The molecule has 3 nitrogen and oxygen atoms in total. The van der Waals surface area contributed by atoms with Gasteiger partial charge in [-0.2, -0.15) is 0 Å². The number of rotatable bonds is 6. The van der Waals surface area contributed by atoms with E-state index in [1.54, 1.807) is 0 Å². The topological polar surface area (TPSA) is 48.1 Å². The maximum atomic E-state index is 5.67. The molecule has 19 heavy (non-hydrogen) atoms. The maximum Gasteiger partial charge on any atom is 0.145 e. The SMILES string of the molecule is CCOc1cccc2c(C)cc(CCCCN)nc12. The lowest BCUT2D eigenvalue weighted by atomic mass is 10.1. The van der Waals surface area contributed by atoms with Crippen molar-refractivity contribution >= 4 is 10.9 Å². The molecule has 1 heterocycles. The molecule has 2 aromatic rings. The molecule has 0 spiro atoms. The molecule has 0 radical (unpaired) electrons. The zero-order valence-electron chi connectivity index (χ0n) is 11.8. The Morgan fingerprint density at radius 2 is 2.11 bits per heavy atom. The highest BCUT2D eigenvalue weighted by atomic mass is 16.5. The third kappa shape index (κ3) is 3.24. The first-order chi connectivity index (χ1) is 9.26. The predicted molar refractivity (Wildman–Crippen MR) is 79.6 cm³/mol. The van der Waals surface area contributed by atoms with Crippen LogP contribution in [0.4, 0.5) is 0 Å². The number of hydrogen-bond acceptors (Lipinski definition) is 3. The fraction of sp³-hybridized carbons (Fsp3) is 0.438. The lowest BCUT2D eigenvalue weighted by Crippen LogP contribution is -2.01. The van der Waals surface area contributed by atoms with Crippen molar-refractivity contribution in [3.05, 3.63) is 35.5 Å². The highest BCUT2D eigenvalue weighted by Crippen LogP contribution is 2.27. The van der Waals surface area contributed by atoms with Crippen molar-refractivity contribution in [2.75, 3.05) is 13.2 Å². The minimum absolute atomic E-state index is 0.664. The number of hydrogen-bond donors (Lipinski definition) is 1. The molecule has 0 aliphatic heterocycles. The first-order valence-electron chi connectivity index (χ1n) is 6.98. The quantitative estimate of drug-likeness (QED) is 0.809. The molecule has 2 rings (SSSR count). The minimum Gasteiger partial charge on any atom is -0.492 e. The van der Waals surface area contributed by atoms with Gasteiger partial charge in [-0.25, -0.2) is 4.98 Å². The number of unbranched alkanes of at least 4 members (excludes halogenated alkanes) is 1. The number of pyridine rings is 1. The number of nitrogens with two attached hydrogens (primary N) is 1. The summed E-state index contributed by atoms with van der Waals surface area (Å²) in [6.45, 7) is 5.54. The van der Waals surface area contributed by atoms with Gasteiger partial charge >= 0.3 is 0 Å². The van der Waals surface area contributed by atoms with Crippen molar-refractivity contribution in [3.63, 3.8) is 0 Å². The van der Waals surface area contributed by atoms with Gasteiger partial charge in [-0.3, -0.25) is 0 Å². The largest absolute Gasteiger partial charge is 0.492 e. The standard InChI is InChI=1S/C16H22N2O/c1-3-19-15-9-6-8-14-12(2)11-13(18-16(14)15)7-4-5-10-17/h6,8-9,11H,3-5,7,10,17H2,1-2H3. The van der Waals surface area contributed by atoms with Gasteiger partial charge in [0.2, 0.25) is 0 Å². The van der Waals surface area contributed by atoms with Crippen LogP contribution in [-0.4, -0.2) is 18.1 Å². The van der Waals surface area contributed by atoms with Crippen molar-refractivity contribution in [1.82, 2.24) is 4.98 Å². The molecule has 0 saturated heterocycles. The Hall–Kier alpha value is -1.61. The third-order valence-corrected chi connectivity index (χ3v) is 3.25. The van der Waals surface area contributed by atoms with Crippen LogP contribution in [0.15, 0.2) is 24.3 Å². The van der Waals surface area contributed by atoms with Crippen molar-refractivity contribution in [2.24, 2.45) is 5.73 Å². The molecule has 0 saturated carbocycles. The van der Waals surface area contributed by atoms with Gasteiger partial charge in [-0.15, -0.1) is 0 Å². The Bertz CT molecular complexity index is 552. The summed E-state index contributed by atoms with van der Waals surface area (Å²) in [5, 5.41) is 1.17. The van der Waals surface area contributed by atoms with Crippen LogP contribution in [0.25, 0.3) is 10.9 Å². The summed E-state index contributed by atoms with van der Waals surface area (Å²) in [5.41, 5.74) is 8.90. The van der Waals surface area contributed by atoms with E-state index in [0.29, 0.717) is 6.61 Å². The fourth-order valence-corrected chi connectivity index (χ4v) is 2.31. The van der Waals surface area contributed by atoms with Gasteiger partial charge < -0.3 is 10.5 Å². The Morgan fingerprint density at radius 1 is 1.26 bits per heavy atom. The summed E-state index contributed by atoms with van der Waals surface area (Å²) in [6.07, 6.45) is 3.12. The second-order valence-corrected chi connectivity index (χ2v) is 4.76. The van der Waals surface area contributed by atoms with E-state index >= 15 is 0 Å². The van der Waals surface area contributed by atoms with Gasteiger partial charge in [0.15, 0.2) is 0 Å². The molecular weight excluding hydrogens is 236 g/mol. The monoisotopic (exact) mass is 258 g/mol. The summed E-state index contributed by atoms with van der Waals surface area (Å²) >= 11 is 0. The number of para-hydroxylation sites is 1. The molecule has 3 heteroatoms. The van der Waals surface area contributed by atoms with E-state index in [2.05, 4.69) is 19.1 Å². The van der Waals surface area contributed by atoms with Crippen LogP contribution >= 0.6 is 0 Å². The number of benzene rings is 1. The smallest absolute Gasteiger partial charge is 0.145 e. The van der Waals surface area contributed by atoms with E-state index in [0.717, 1.165) is 42.8 Å². The molecule has 1 aromatic heterocycles. The average Bonchev–Trinajstić information content (AvgIpc) is 2.40. The molecule has 0 aliphatic carbocycles. The molecule has 1 aromatic carbocycles. The first-order valence-corrected chi connectivity index (χ1v) is 6.98. The van der Waals surface area contributed by atoms with Crippen LogP contribution in [0.5, 0.6) is 5.75 Å². The van der Waals surface area contributed by atoms with Crippen molar-refractivity contribution in [2.45, 2.75) is 33.1 Å². The van der Waals surface area contributed by atoms with Crippen molar-refractivity contribution in [1.29, 1.82) is 0 Å². The molecule has 0 fully saturated rings. The molecule has 0 amide bonds. The van der Waals surface area contributed by atoms with Crippen LogP contribution in [-0.2, 0) is 6.42 Å². The summed E-state index contributed by atoms with van der Waals surface area (Å²) in [4.78, 5) is 4.76. The van der Waals surface area contributed by atoms with Gasteiger partial charge in [0.05, 0.1) is 6.61 Å². The number of nitrogens with zero attached hydrogens (tertiary/aromatic N) is 1. The summed E-state index contributed by atoms with van der Waals surface area (Å²) < 4.78 is 5.67. The van der Waals surface area contributed by atoms with Crippen LogP contribution in [0.1, 0.15) is 31.0 Å². The molecule has 0 aliphatic rings. The van der Waals surface area contributed by atoms with Crippen molar-refractivity contribution in [3.8, 4) is 5.75 Å². The first kappa shape index (κ1) is 13.8. The number of fused-ring (bicyclic) bond motifs is 1. The van der Waals surface area contributed by atoms with Gasteiger partial charge in [-0.05, 0) is 57.4 Å². The van der Waals surface area contributed by atoms with E-state index in [1.165, 1.54) is 10.9 Å². The van der Waals surface area contributed by atoms with E-state index in [-0.39, 0.29) is 0 Å². The third-order valence-electron chi connectivity index (χ3n) is 3.25. The van der Waals surface area contributed by atoms with Crippen LogP contribution < -0.4 is 10.5 Å². The van der Waals surface area contributed by atoms with E-state index in [9.17, 15) is 0 Å². The average molecular weight is 258 g/mol. The predicted octanol–water partition coefficient (Wildman–Crippen LogP) is 3.22. The Balaban J connectivity index is 2.38. The summed E-state index contributed by atoms with van der Waals surface area (Å²) in [7, 11) is 0. The maximum absolute atomic E-state index is 5.67. The van der Waals surface area contributed by atoms with Crippen molar-refractivity contribution < 1.29 is 4.74 Å². The van der Waals surface area contributed by atoms with Crippen LogP contribution in [0, 0.1) is 6.92 Å². The highest BCUT2D eigenvalue weighted by molar-refractivity contribution is 5.87. The lowest BCUT2D eigenvalue weighted by molar-refractivity contribution is 0.343. The zero-order valence-corrected chi connectivity index (χ0v) is 11.8.